The predicted molar refractivity (Wildman–Crippen MR) is 68.7 cm³/mol. The number of anilines is 2. The number of aromatic nitrogens is 2. The van der Waals surface area contributed by atoms with Crippen molar-refractivity contribution in [1.29, 1.82) is 0 Å². The molecule has 98 valence electrons. The second-order valence-corrected chi connectivity index (χ2v) is 4.84. The zero-order chi connectivity index (χ0) is 13.3. The molecule has 0 unspecified atom stereocenters. The van der Waals surface area contributed by atoms with Crippen LogP contribution in [-0.4, -0.2) is 28.0 Å². The molecule has 2 heterocycles. The third-order valence-electron chi connectivity index (χ3n) is 3.00. The van der Waals surface area contributed by atoms with Gasteiger partial charge in [-0.05, 0) is 30.4 Å². The fourth-order valence-electron chi connectivity index (χ4n) is 2.21. The first kappa shape index (κ1) is 12.8. The molecule has 8 heteroatoms. The highest BCUT2D eigenvalue weighted by atomic mass is 35.5. The Hall–Kier alpha value is -1.63. The van der Waals surface area contributed by atoms with E-state index >= 15 is 0 Å². The molecule has 1 aliphatic rings. The van der Waals surface area contributed by atoms with Crippen molar-refractivity contribution in [2.45, 2.75) is 19.8 Å². The summed E-state index contributed by atoms with van der Waals surface area (Å²) in [5, 5.41) is 11.0. The van der Waals surface area contributed by atoms with Crippen LogP contribution in [0, 0.1) is 16.0 Å². The molecule has 18 heavy (non-hydrogen) atoms. The summed E-state index contributed by atoms with van der Waals surface area (Å²) in [6, 6.07) is 0. The summed E-state index contributed by atoms with van der Waals surface area (Å²) >= 11 is 5.73. The van der Waals surface area contributed by atoms with Gasteiger partial charge in [-0.2, -0.15) is 9.97 Å². The smallest absolute Gasteiger partial charge is 0.353 e. The van der Waals surface area contributed by atoms with E-state index in [-0.39, 0.29) is 22.6 Å². The van der Waals surface area contributed by atoms with E-state index in [9.17, 15) is 10.1 Å². The Kier molecular flexibility index (Phi) is 3.51. The normalized spacial score (nSPS) is 19.9. The van der Waals surface area contributed by atoms with E-state index in [2.05, 4.69) is 16.9 Å². The lowest BCUT2D eigenvalue weighted by Gasteiger charge is -2.31. The second kappa shape index (κ2) is 4.93. The van der Waals surface area contributed by atoms with Crippen LogP contribution in [-0.2, 0) is 0 Å². The number of nitro groups is 1. The Morgan fingerprint density at radius 2 is 2.28 bits per heavy atom. The minimum atomic E-state index is -0.555. The number of hydrogen-bond donors (Lipinski definition) is 1. The van der Waals surface area contributed by atoms with E-state index in [1.807, 2.05) is 4.90 Å². The van der Waals surface area contributed by atoms with Crippen LogP contribution in [0.2, 0.25) is 5.28 Å². The molecule has 0 amide bonds. The van der Waals surface area contributed by atoms with Crippen molar-refractivity contribution in [3.8, 4) is 0 Å². The van der Waals surface area contributed by atoms with E-state index in [0.717, 1.165) is 19.4 Å². The van der Waals surface area contributed by atoms with Crippen molar-refractivity contribution in [2.24, 2.45) is 5.92 Å². The van der Waals surface area contributed by atoms with Crippen LogP contribution in [0.1, 0.15) is 19.8 Å². The third kappa shape index (κ3) is 2.45. The number of halogens is 1. The Bertz CT molecular complexity index is 482. The van der Waals surface area contributed by atoms with Gasteiger partial charge >= 0.3 is 5.69 Å². The summed E-state index contributed by atoms with van der Waals surface area (Å²) in [4.78, 5) is 20.0. The molecule has 0 spiro atoms. The second-order valence-electron chi connectivity index (χ2n) is 4.50. The SMILES string of the molecule is C[C@H]1CCCN(c2nc(Cl)nc(N)c2[N+](=O)[O-])C1. The zero-order valence-electron chi connectivity index (χ0n) is 9.97. The topological polar surface area (TPSA) is 98.2 Å². The maximum absolute atomic E-state index is 11.1. The summed E-state index contributed by atoms with van der Waals surface area (Å²) < 4.78 is 0. The number of nitrogens with zero attached hydrogens (tertiary/aromatic N) is 4. The molecular weight excluding hydrogens is 258 g/mol. The van der Waals surface area contributed by atoms with Gasteiger partial charge in [-0.1, -0.05) is 6.92 Å². The summed E-state index contributed by atoms with van der Waals surface area (Å²) in [7, 11) is 0. The molecule has 1 aromatic heterocycles. The van der Waals surface area contributed by atoms with Gasteiger partial charge in [0.1, 0.15) is 0 Å². The van der Waals surface area contributed by atoms with Crippen molar-refractivity contribution < 1.29 is 4.92 Å². The van der Waals surface area contributed by atoms with Crippen molar-refractivity contribution in [3.63, 3.8) is 0 Å². The van der Waals surface area contributed by atoms with Crippen LogP contribution in [0.15, 0.2) is 0 Å². The van der Waals surface area contributed by atoms with E-state index in [1.54, 1.807) is 0 Å². The molecule has 1 aromatic rings. The first-order chi connectivity index (χ1) is 8.49. The Morgan fingerprint density at radius 1 is 1.56 bits per heavy atom. The average molecular weight is 272 g/mol. The maximum Gasteiger partial charge on any atom is 0.353 e. The molecule has 0 aliphatic carbocycles. The molecule has 1 aliphatic heterocycles. The van der Waals surface area contributed by atoms with Crippen LogP contribution >= 0.6 is 11.6 Å². The molecular formula is C10H14ClN5O2. The van der Waals surface area contributed by atoms with E-state index < -0.39 is 4.92 Å². The average Bonchev–Trinajstić information content (AvgIpc) is 2.27. The summed E-state index contributed by atoms with van der Waals surface area (Å²) in [6.45, 7) is 3.54. The van der Waals surface area contributed by atoms with Gasteiger partial charge in [-0.25, -0.2) is 0 Å². The highest BCUT2D eigenvalue weighted by Crippen LogP contribution is 2.34. The molecule has 2 rings (SSSR count). The monoisotopic (exact) mass is 271 g/mol. The van der Waals surface area contributed by atoms with Gasteiger partial charge < -0.3 is 10.6 Å². The molecule has 0 radical (unpaired) electrons. The van der Waals surface area contributed by atoms with Gasteiger partial charge in [-0.3, -0.25) is 10.1 Å². The third-order valence-corrected chi connectivity index (χ3v) is 3.17. The minimum absolute atomic E-state index is 0.0636. The predicted octanol–water partition coefficient (Wildman–Crippen LogP) is 1.86. The highest BCUT2D eigenvalue weighted by Gasteiger charge is 2.29. The summed E-state index contributed by atoms with van der Waals surface area (Å²) in [5.74, 6) is 0.505. The first-order valence-corrected chi connectivity index (χ1v) is 6.09. The van der Waals surface area contributed by atoms with Gasteiger partial charge in [-0.15, -0.1) is 0 Å². The lowest BCUT2D eigenvalue weighted by atomic mass is 10.0. The van der Waals surface area contributed by atoms with Gasteiger partial charge in [0.25, 0.3) is 0 Å². The number of rotatable bonds is 2. The largest absolute Gasteiger partial charge is 0.378 e. The number of hydrogen-bond acceptors (Lipinski definition) is 6. The van der Waals surface area contributed by atoms with Crippen LogP contribution in [0.4, 0.5) is 17.3 Å². The van der Waals surface area contributed by atoms with E-state index in [0.29, 0.717) is 12.5 Å². The standard InChI is InChI=1S/C10H14ClN5O2/c1-6-3-2-4-15(5-6)9-7(16(17)18)8(12)13-10(11)14-9/h6H,2-5H2,1H3,(H2,12,13,14)/t6-/m0/s1. The number of nitrogens with two attached hydrogens (primary N) is 1. The van der Waals surface area contributed by atoms with E-state index in [1.165, 1.54) is 0 Å². The molecule has 0 saturated carbocycles. The molecule has 1 atom stereocenters. The van der Waals surface area contributed by atoms with Gasteiger partial charge in [0.2, 0.25) is 16.9 Å². The van der Waals surface area contributed by atoms with Crippen molar-refractivity contribution in [1.82, 2.24) is 9.97 Å². The van der Waals surface area contributed by atoms with Gasteiger partial charge in [0.15, 0.2) is 0 Å². The summed E-state index contributed by atoms with van der Waals surface area (Å²) in [6.07, 6.45) is 2.08. The first-order valence-electron chi connectivity index (χ1n) is 5.71. The maximum atomic E-state index is 11.1. The van der Waals surface area contributed by atoms with Crippen molar-refractivity contribution in [3.05, 3.63) is 15.4 Å². The van der Waals surface area contributed by atoms with E-state index in [4.69, 9.17) is 17.3 Å². The lowest BCUT2D eigenvalue weighted by Crippen LogP contribution is -2.35. The van der Waals surface area contributed by atoms with Crippen LogP contribution in [0.3, 0.4) is 0 Å². The number of nitrogen functional groups attached to an aromatic ring is 1. The fraction of sp³-hybridized carbons (Fsp3) is 0.600. The molecule has 0 bridgehead atoms. The molecule has 1 saturated heterocycles. The molecule has 7 nitrogen and oxygen atoms in total. The molecule has 2 N–H and O–H groups in total. The van der Waals surface area contributed by atoms with Crippen molar-refractivity contribution in [2.75, 3.05) is 23.7 Å². The van der Waals surface area contributed by atoms with Crippen LogP contribution < -0.4 is 10.6 Å². The Labute approximate surface area is 109 Å². The Morgan fingerprint density at radius 3 is 2.89 bits per heavy atom. The number of piperidine rings is 1. The summed E-state index contributed by atoms with van der Waals surface area (Å²) in [5.41, 5.74) is 5.30. The van der Waals surface area contributed by atoms with Crippen molar-refractivity contribution >= 4 is 28.9 Å². The Balaban J connectivity index is 2.44. The molecule has 1 fully saturated rings. The fourth-order valence-corrected chi connectivity index (χ4v) is 2.38. The zero-order valence-corrected chi connectivity index (χ0v) is 10.7. The van der Waals surface area contributed by atoms with Crippen LogP contribution in [0.25, 0.3) is 0 Å². The molecule has 0 aromatic carbocycles. The minimum Gasteiger partial charge on any atom is -0.378 e. The van der Waals surface area contributed by atoms with Gasteiger partial charge in [0, 0.05) is 13.1 Å². The van der Waals surface area contributed by atoms with Gasteiger partial charge in [0.05, 0.1) is 4.92 Å². The lowest BCUT2D eigenvalue weighted by molar-refractivity contribution is -0.383. The highest BCUT2D eigenvalue weighted by molar-refractivity contribution is 6.28. The van der Waals surface area contributed by atoms with Crippen LogP contribution in [0.5, 0.6) is 0 Å². The quantitative estimate of drug-likeness (QED) is 0.501.